The van der Waals surface area contributed by atoms with E-state index in [1.807, 2.05) is 30.3 Å². The Morgan fingerprint density at radius 1 is 1.07 bits per heavy atom. The highest BCUT2D eigenvalue weighted by Crippen LogP contribution is 2.16. The smallest absolute Gasteiger partial charge is 0.253 e. The van der Waals surface area contributed by atoms with Gasteiger partial charge in [-0.25, -0.2) is 0 Å². The van der Waals surface area contributed by atoms with Gasteiger partial charge in [-0.3, -0.25) is 4.79 Å². The lowest BCUT2D eigenvalue weighted by atomic mass is 10.1. The van der Waals surface area contributed by atoms with Gasteiger partial charge in [0.15, 0.2) is 5.11 Å². The molecule has 0 bridgehead atoms. The van der Waals surface area contributed by atoms with Crippen LogP contribution >= 0.6 is 12.2 Å². The number of rotatable bonds is 7. The number of thiocarbonyl (C=S) groups is 1. The zero-order valence-electron chi connectivity index (χ0n) is 17.4. The summed E-state index contributed by atoms with van der Waals surface area (Å²) in [5, 5.41) is 5.07. The van der Waals surface area contributed by atoms with Gasteiger partial charge in [-0.05, 0) is 59.3 Å². The van der Waals surface area contributed by atoms with E-state index in [4.69, 9.17) is 12.2 Å². The van der Waals surface area contributed by atoms with Crippen molar-refractivity contribution in [1.82, 2.24) is 15.2 Å². The molecule has 2 N–H and O–H groups in total. The predicted octanol–water partition coefficient (Wildman–Crippen LogP) is 4.62. The van der Waals surface area contributed by atoms with Crippen LogP contribution in [0.4, 0.5) is 0 Å². The first-order valence-corrected chi connectivity index (χ1v) is 10.6. The number of hydrogen-bond donors (Lipinski definition) is 2. The van der Waals surface area contributed by atoms with E-state index in [0.717, 1.165) is 35.0 Å². The lowest BCUT2D eigenvalue weighted by Gasteiger charge is -2.26. The molecule has 29 heavy (non-hydrogen) atoms. The van der Waals surface area contributed by atoms with E-state index in [0.29, 0.717) is 24.1 Å². The van der Waals surface area contributed by atoms with Crippen LogP contribution in [0.5, 0.6) is 0 Å². The van der Waals surface area contributed by atoms with Crippen molar-refractivity contribution in [3.63, 3.8) is 0 Å². The second kappa shape index (κ2) is 9.70. The molecule has 0 spiro atoms. The van der Waals surface area contributed by atoms with E-state index >= 15 is 0 Å². The number of aryl methyl sites for hydroxylation is 1. The minimum Gasteiger partial charge on any atom is -0.362 e. The lowest BCUT2D eigenvalue weighted by molar-refractivity contribution is 0.394. The summed E-state index contributed by atoms with van der Waals surface area (Å²) in [5.41, 5.74) is 3.94. The van der Waals surface area contributed by atoms with Gasteiger partial charge in [0.05, 0.1) is 6.54 Å². The third-order valence-electron chi connectivity index (χ3n) is 4.92. The third-order valence-corrected chi connectivity index (χ3v) is 5.32. The van der Waals surface area contributed by atoms with Crippen molar-refractivity contribution >= 4 is 28.2 Å². The first-order chi connectivity index (χ1) is 14.0. The highest BCUT2D eigenvalue weighted by atomic mass is 32.1. The molecule has 0 aliphatic heterocycles. The average Bonchev–Trinajstić information content (AvgIpc) is 2.72. The van der Waals surface area contributed by atoms with Crippen LogP contribution in [0.2, 0.25) is 0 Å². The van der Waals surface area contributed by atoms with E-state index < -0.39 is 0 Å². The van der Waals surface area contributed by atoms with Crippen molar-refractivity contribution in [2.24, 2.45) is 5.92 Å². The number of hydrogen-bond acceptors (Lipinski definition) is 2. The van der Waals surface area contributed by atoms with Gasteiger partial charge in [0.2, 0.25) is 0 Å². The van der Waals surface area contributed by atoms with Crippen LogP contribution in [0.3, 0.4) is 0 Å². The Kier molecular flexibility index (Phi) is 7.04. The Morgan fingerprint density at radius 2 is 1.83 bits per heavy atom. The molecule has 0 saturated heterocycles. The number of nitrogens with zero attached hydrogens (tertiary/aromatic N) is 1. The Bertz CT molecular complexity index is 1030. The van der Waals surface area contributed by atoms with E-state index in [1.165, 1.54) is 5.56 Å². The number of pyridine rings is 1. The molecule has 152 valence electrons. The molecule has 0 aliphatic carbocycles. The molecule has 2 aromatic carbocycles. The van der Waals surface area contributed by atoms with Gasteiger partial charge in [-0.1, -0.05) is 57.2 Å². The van der Waals surface area contributed by atoms with E-state index in [9.17, 15) is 4.79 Å². The van der Waals surface area contributed by atoms with Gasteiger partial charge >= 0.3 is 0 Å². The van der Waals surface area contributed by atoms with Crippen LogP contribution in [0.25, 0.3) is 10.9 Å². The van der Waals surface area contributed by atoms with Crippen LogP contribution in [-0.4, -0.2) is 21.5 Å². The number of benzene rings is 2. The van der Waals surface area contributed by atoms with E-state index in [2.05, 4.69) is 60.2 Å². The summed E-state index contributed by atoms with van der Waals surface area (Å²) in [5.74, 6) is 0.489. The predicted molar refractivity (Wildman–Crippen MR) is 125 cm³/mol. The maximum absolute atomic E-state index is 12.7. The standard InChI is InChI=1S/C24H29N3OS/c1-4-18-10-11-22-20(12-18)13-21(23(28)26-22)16-27(24(29)25-14-17(2)3)15-19-8-6-5-7-9-19/h5-13,17H,4,14-16H2,1-3H3,(H,25,29)(H,26,28). The molecule has 0 atom stereocenters. The maximum atomic E-state index is 12.7. The lowest BCUT2D eigenvalue weighted by Crippen LogP contribution is -2.41. The van der Waals surface area contributed by atoms with Gasteiger partial charge in [0.1, 0.15) is 0 Å². The molecule has 3 aromatic rings. The second-order valence-corrected chi connectivity index (χ2v) is 8.21. The van der Waals surface area contributed by atoms with E-state index in [-0.39, 0.29) is 5.56 Å². The second-order valence-electron chi connectivity index (χ2n) is 7.82. The van der Waals surface area contributed by atoms with Crippen LogP contribution < -0.4 is 10.9 Å². The van der Waals surface area contributed by atoms with Crippen LogP contribution in [0.15, 0.2) is 59.4 Å². The topological polar surface area (TPSA) is 48.1 Å². The molecule has 0 aliphatic rings. The average molecular weight is 408 g/mol. The van der Waals surface area contributed by atoms with Gasteiger partial charge < -0.3 is 15.2 Å². The van der Waals surface area contributed by atoms with Crippen LogP contribution in [-0.2, 0) is 19.5 Å². The summed E-state index contributed by atoms with van der Waals surface area (Å²) in [7, 11) is 0. The minimum atomic E-state index is -0.0635. The number of aromatic nitrogens is 1. The Balaban J connectivity index is 1.90. The molecule has 3 rings (SSSR count). The van der Waals surface area contributed by atoms with Gasteiger partial charge in [-0.2, -0.15) is 0 Å². The van der Waals surface area contributed by atoms with Crippen molar-refractivity contribution < 1.29 is 0 Å². The summed E-state index contributed by atoms with van der Waals surface area (Å²) >= 11 is 5.67. The fourth-order valence-electron chi connectivity index (χ4n) is 3.25. The first kappa shape index (κ1) is 21.1. The fraction of sp³-hybridized carbons (Fsp3) is 0.333. The Hall–Kier alpha value is -2.66. The largest absolute Gasteiger partial charge is 0.362 e. The molecule has 0 unspecified atom stereocenters. The molecule has 0 saturated carbocycles. The molecular weight excluding hydrogens is 378 g/mol. The van der Waals surface area contributed by atoms with Crippen molar-refractivity contribution in [1.29, 1.82) is 0 Å². The summed E-state index contributed by atoms with van der Waals surface area (Å²) < 4.78 is 0. The molecule has 0 radical (unpaired) electrons. The zero-order valence-corrected chi connectivity index (χ0v) is 18.2. The van der Waals surface area contributed by atoms with Gasteiger partial charge in [-0.15, -0.1) is 0 Å². The monoisotopic (exact) mass is 407 g/mol. The van der Waals surface area contributed by atoms with Crippen molar-refractivity contribution in [3.8, 4) is 0 Å². The summed E-state index contributed by atoms with van der Waals surface area (Å²) in [4.78, 5) is 17.8. The Morgan fingerprint density at radius 3 is 2.52 bits per heavy atom. The molecule has 1 aromatic heterocycles. The number of H-pyrrole nitrogens is 1. The number of aromatic amines is 1. The summed E-state index contributed by atoms with van der Waals surface area (Å²) in [6, 6.07) is 18.4. The van der Waals surface area contributed by atoms with Crippen molar-refractivity contribution in [3.05, 3.63) is 81.6 Å². The van der Waals surface area contributed by atoms with Gasteiger partial charge in [0.25, 0.3) is 5.56 Å². The first-order valence-electron chi connectivity index (χ1n) is 10.2. The quantitative estimate of drug-likeness (QED) is 0.561. The van der Waals surface area contributed by atoms with Gasteiger partial charge in [0, 0.05) is 24.2 Å². The summed E-state index contributed by atoms with van der Waals surface area (Å²) in [6.45, 7) is 8.34. The normalized spacial score (nSPS) is 11.0. The maximum Gasteiger partial charge on any atom is 0.253 e. The minimum absolute atomic E-state index is 0.0635. The summed E-state index contributed by atoms with van der Waals surface area (Å²) in [6.07, 6.45) is 0.966. The van der Waals surface area contributed by atoms with Crippen LogP contribution in [0.1, 0.15) is 37.5 Å². The van der Waals surface area contributed by atoms with Crippen molar-refractivity contribution in [2.45, 2.75) is 40.3 Å². The SMILES string of the molecule is CCc1ccc2[nH]c(=O)c(CN(Cc3ccccc3)C(=S)NCC(C)C)cc2c1. The number of nitrogens with one attached hydrogen (secondary N) is 2. The fourth-order valence-corrected chi connectivity index (χ4v) is 3.46. The molecular formula is C24H29N3OS. The zero-order chi connectivity index (χ0) is 20.8. The molecule has 4 nitrogen and oxygen atoms in total. The molecule has 0 fully saturated rings. The number of fused-ring (bicyclic) bond motifs is 1. The highest BCUT2D eigenvalue weighted by Gasteiger charge is 2.14. The molecule has 0 amide bonds. The molecule has 1 heterocycles. The van der Waals surface area contributed by atoms with E-state index in [1.54, 1.807) is 0 Å². The third kappa shape index (κ3) is 5.67. The van der Waals surface area contributed by atoms with Crippen molar-refractivity contribution in [2.75, 3.05) is 6.54 Å². The molecule has 5 heteroatoms. The van der Waals surface area contributed by atoms with Crippen LogP contribution in [0, 0.1) is 5.92 Å². The Labute approximate surface area is 178 Å². The highest BCUT2D eigenvalue weighted by molar-refractivity contribution is 7.80.